The molecule has 0 spiro atoms. The Labute approximate surface area is 136 Å². The molecule has 3 aromatic heterocycles. The van der Waals surface area contributed by atoms with E-state index in [4.69, 9.17) is 9.63 Å². The molecule has 0 fully saturated rings. The summed E-state index contributed by atoms with van der Waals surface area (Å²) in [5.74, 6) is 0. The summed E-state index contributed by atoms with van der Waals surface area (Å²) in [5.41, 5.74) is 3.07. The van der Waals surface area contributed by atoms with Crippen molar-refractivity contribution in [2.45, 2.75) is 31.8 Å². The number of fused-ring (bicyclic) bond motifs is 1. The number of hydrogen-bond donors (Lipinski definition) is 2. The quantitative estimate of drug-likeness (QED) is 0.735. The van der Waals surface area contributed by atoms with Gasteiger partial charge in [-0.25, -0.2) is 0 Å². The summed E-state index contributed by atoms with van der Waals surface area (Å²) >= 11 is 1.45. The molecule has 0 aromatic carbocycles. The SMILES string of the molecule is OCCn1ncc2c1CCCC2Nc1nnc(-c2ccon2)s1. The lowest BCUT2D eigenvalue weighted by Gasteiger charge is -2.23. The topological polar surface area (TPSA) is 102 Å². The van der Waals surface area contributed by atoms with Gasteiger partial charge in [0.2, 0.25) is 5.13 Å². The van der Waals surface area contributed by atoms with Gasteiger partial charge in [-0.2, -0.15) is 5.10 Å². The largest absolute Gasteiger partial charge is 0.394 e. The van der Waals surface area contributed by atoms with Crippen molar-refractivity contribution in [3.8, 4) is 10.7 Å². The van der Waals surface area contributed by atoms with Crippen LogP contribution in [0.2, 0.25) is 0 Å². The molecular weight excluding hydrogens is 316 g/mol. The highest BCUT2D eigenvalue weighted by Gasteiger charge is 2.25. The zero-order chi connectivity index (χ0) is 15.6. The number of aliphatic hydroxyl groups excluding tert-OH is 1. The first-order valence-corrected chi connectivity index (χ1v) is 8.33. The fourth-order valence-electron chi connectivity index (χ4n) is 2.91. The predicted molar refractivity (Wildman–Crippen MR) is 84.0 cm³/mol. The predicted octanol–water partition coefficient (Wildman–Crippen LogP) is 1.87. The maximum absolute atomic E-state index is 9.13. The van der Waals surface area contributed by atoms with Crippen molar-refractivity contribution < 1.29 is 9.63 Å². The van der Waals surface area contributed by atoms with Gasteiger partial charge < -0.3 is 14.9 Å². The van der Waals surface area contributed by atoms with Crippen LogP contribution >= 0.6 is 11.3 Å². The molecule has 1 unspecified atom stereocenters. The zero-order valence-corrected chi connectivity index (χ0v) is 13.2. The molecular formula is C14H16N6O2S. The third-order valence-electron chi connectivity index (χ3n) is 3.95. The molecule has 1 atom stereocenters. The highest BCUT2D eigenvalue weighted by Crippen LogP contribution is 2.34. The molecule has 1 aliphatic carbocycles. The first-order valence-electron chi connectivity index (χ1n) is 7.51. The first-order chi connectivity index (χ1) is 11.3. The van der Waals surface area contributed by atoms with Gasteiger partial charge in [-0.15, -0.1) is 10.2 Å². The van der Waals surface area contributed by atoms with Gasteiger partial charge in [-0.05, 0) is 19.3 Å². The molecule has 4 rings (SSSR count). The van der Waals surface area contributed by atoms with Gasteiger partial charge in [0.05, 0.1) is 25.4 Å². The van der Waals surface area contributed by atoms with Crippen LogP contribution in [0.1, 0.15) is 30.1 Å². The molecule has 23 heavy (non-hydrogen) atoms. The van der Waals surface area contributed by atoms with E-state index in [0.29, 0.717) is 12.2 Å². The molecule has 9 heteroatoms. The Morgan fingerprint density at radius 3 is 3.22 bits per heavy atom. The lowest BCUT2D eigenvalue weighted by atomic mass is 9.93. The van der Waals surface area contributed by atoms with E-state index in [9.17, 15) is 0 Å². The maximum atomic E-state index is 9.13. The van der Waals surface area contributed by atoms with E-state index in [1.807, 2.05) is 10.9 Å². The number of aromatic nitrogens is 5. The average molecular weight is 332 g/mol. The average Bonchev–Trinajstić information content (AvgIpc) is 3.28. The van der Waals surface area contributed by atoms with Crippen molar-refractivity contribution in [1.82, 2.24) is 25.1 Å². The molecule has 0 radical (unpaired) electrons. The van der Waals surface area contributed by atoms with Crippen LogP contribution in [0.15, 0.2) is 23.0 Å². The summed E-state index contributed by atoms with van der Waals surface area (Å²) in [6.45, 7) is 0.640. The second-order valence-electron chi connectivity index (χ2n) is 5.38. The minimum absolute atomic E-state index is 0.101. The van der Waals surface area contributed by atoms with Crippen LogP contribution in [0, 0.1) is 0 Å². The lowest BCUT2D eigenvalue weighted by molar-refractivity contribution is 0.266. The molecule has 3 heterocycles. The summed E-state index contributed by atoms with van der Waals surface area (Å²) in [5, 5.41) is 30.7. The van der Waals surface area contributed by atoms with Gasteiger partial charge in [0.1, 0.15) is 12.0 Å². The van der Waals surface area contributed by atoms with E-state index in [1.165, 1.54) is 28.9 Å². The Kier molecular flexibility index (Phi) is 3.80. The zero-order valence-electron chi connectivity index (χ0n) is 12.3. The number of rotatable bonds is 5. The Balaban J connectivity index is 1.54. The fourth-order valence-corrected chi connectivity index (χ4v) is 3.67. The standard InChI is InChI=1S/C14H16N6O2S/c21-6-5-20-12-3-1-2-10(9(12)8-15-20)16-14-18-17-13(23-14)11-4-7-22-19-11/h4,7-8,10,21H,1-3,5-6H2,(H,16,18). The molecule has 0 saturated heterocycles. The molecule has 120 valence electrons. The molecule has 8 nitrogen and oxygen atoms in total. The van der Waals surface area contributed by atoms with Crippen LogP contribution in [0.4, 0.5) is 5.13 Å². The number of nitrogens with zero attached hydrogens (tertiary/aromatic N) is 5. The minimum Gasteiger partial charge on any atom is -0.394 e. The number of hydrogen-bond acceptors (Lipinski definition) is 8. The van der Waals surface area contributed by atoms with Crippen molar-refractivity contribution in [2.75, 3.05) is 11.9 Å². The molecule has 2 N–H and O–H groups in total. The van der Waals surface area contributed by atoms with Crippen molar-refractivity contribution in [1.29, 1.82) is 0 Å². The third kappa shape index (κ3) is 2.73. The van der Waals surface area contributed by atoms with E-state index in [0.717, 1.165) is 29.4 Å². The van der Waals surface area contributed by atoms with Crippen molar-refractivity contribution >= 4 is 16.5 Å². The number of anilines is 1. The number of nitrogens with one attached hydrogen (secondary N) is 1. The lowest BCUT2D eigenvalue weighted by Crippen LogP contribution is -2.19. The van der Waals surface area contributed by atoms with Gasteiger partial charge in [0, 0.05) is 17.3 Å². The van der Waals surface area contributed by atoms with Crippen molar-refractivity contribution in [3.63, 3.8) is 0 Å². The smallest absolute Gasteiger partial charge is 0.206 e. The third-order valence-corrected chi connectivity index (χ3v) is 4.83. The van der Waals surface area contributed by atoms with E-state index in [1.54, 1.807) is 6.07 Å². The van der Waals surface area contributed by atoms with E-state index >= 15 is 0 Å². The number of aliphatic hydroxyl groups is 1. The molecule has 0 amide bonds. The van der Waals surface area contributed by atoms with Crippen LogP contribution in [0.3, 0.4) is 0 Å². The molecule has 3 aromatic rings. The van der Waals surface area contributed by atoms with Crippen LogP contribution in [-0.4, -0.2) is 36.8 Å². The van der Waals surface area contributed by atoms with Gasteiger partial charge in [-0.1, -0.05) is 16.5 Å². The van der Waals surface area contributed by atoms with E-state index in [2.05, 4.69) is 25.8 Å². The monoisotopic (exact) mass is 332 g/mol. The van der Waals surface area contributed by atoms with Gasteiger partial charge >= 0.3 is 0 Å². The first kappa shape index (κ1) is 14.3. The Hall–Kier alpha value is -2.26. The fraction of sp³-hybridized carbons (Fsp3) is 0.429. The van der Waals surface area contributed by atoms with Gasteiger partial charge in [0.15, 0.2) is 5.01 Å². The van der Waals surface area contributed by atoms with Crippen LogP contribution in [-0.2, 0) is 13.0 Å². The second-order valence-corrected chi connectivity index (χ2v) is 6.36. The summed E-state index contributed by atoms with van der Waals surface area (Å²) < 4.78 is 6.73. The van der Waals surface area contributed by atoms with Crippen LogP contribution < -0.4 is 5.32 Å². The highest BCUT2D eigenvalue weighted by atomic mass is 32.1. The minimum atomic E-state index is 0.101. The Bertz CT molecular complexity index is 781. The van der Waals surface area contributed by atoms with Gasteiger partial charge in [0.25, 0.3) is 0 Å². The molecule has 0 saturated carbocycles. The Morgan fingerprint density at radius 1 is 1.43 bits per heavy atom. The maximum Gasteiger partial charge on any atom is 0.206 e. The molecule has 0 aliphatic heterocycles. The summed E-state index contributed by atoms with van der Waals surface area (Å²) in [7, 11) is 0. The summed E-state index contributed by atoms with van der Waals surface area (Å²) in [4.78, 5) is 0. The van der Waals surface area contributed by atoms with Crippen LogP contribution in [0.5, 0.6) is 0 Å². The van der Waals surface area contributed by atoms with Crippen molar-refractivity contribution in [2.24, 2.45) is 0 Å². The highest BCUT2D eigenvalue weighted by molar-refractivity contribution is 7.18. The van der Waals surface area contributed by atoms with Gasteiger partial charge in [-0.3, -0.25) is 4.68 Å². The molecule has 1 aliphatic rings. The summed E-state index contributed by atoms with van der Waals surface area (Å²) in [6.07, 6.45) is 6.51. The second kappa shape index (κ2) is 6.09. The van der Waals surface area contributed by atoms with Crippen molar-refractivity contribution in [3.05, 3.63) is 29.8 Å². The van der Waals surface area contributed by atoms with Crippen LogP contribution in [0.25, 0.3) is 10.7 Å². The summed E-state index contributed by atoms with van der Waals surface area (Å²) in [6, 6.07) is 1.94. The van der Waals surface area contributed by atoms with E-state index in [-0.39, 0.29) is 12.6 Å². The normalized spacial score (nSPS) is 17.2. The van der Waals surface area contributed by atoms with E-state index < -0.39 is 0 Å². The Morgan fingerprint density at radius 2 is 2.39 bits per heavy atom. The molecule has 0 bridgehead atoms.